The van der Waals surface area contributed by atoms with Gasteiger partial charge in [0, 0.05) is 25.8 Å². The monoisotopic (exact) mass is 529 g/mol. The average molecular weight is 530 g/mol. The smallest absolute Gasteiger partial charge is 0.308 e. The van der Waals surface area contributed by atoms with E-state index in [9.17, 15) is 19.2 Å². The third kappa shape index (κ3) is 4.87. The van der Waals surface area contributed by atoms with E-state index < -0.39 is 17.6 Å². The van der Waals surface area contributed by atoms with Crippen LogP contribution in [0.25, 0.3) is 11.7 Å². The van der Waals surface area contributed by atoms with Crippen LogP contribution >= 0.6 is 24.0 Å². The number of nitrogens with one attached hydrogen (secondary N) is 1. The van der Waals surface area contributed by atoms with Crippen molar-refractivity contribution >= 4 is 63.6 Å². The van der Waals surface area contributed by atoms with Gasteiger partial charge in [-0.1, -0.05) is 43.9 Å². The number of thioether (sulfide) groups is 1. The third-order valence-electron chi connectivity index (χ3n) is 5.95. The second-order valence-corrected chi connectivity index (χ2v) is 10.7. The molecule has 2 aromatic heterocycles. The number of rotatable bonds is 6. The lowest BCUT2D eigenvalue weighted by molar-refractivity contribution is -0.143. The number of piperazine rings is 1. The van der Waals surface area contributed by atoms with Crippen molar-refractivity contribution in [1.29, 1.82) is 0 Å². The zero-order chi connectivity index (χ0) is 26.1. The van der Waals surface area contributed by atoms with Gasteiger partial charge >= 0.3 is 5.97 Å². The number of aryl methyl sites for hydroxylation is 1. The second-order valence-electron chi connectivity index (χ2n) is 9.01. The lowest BCUT2D eigenvalue weighted by Crippen LogP contribution is -2.57. The number of amides is 2. The first-order valence-electron chi connectivity index (χ1n) is 11.5. The molecule has 0 aliphatic carbocycles. The van der Waals surface area contributed by atoms with Crippen LogP contribution in [-0.2, 0) is 19.1 Å². The number of pyridine rings is 1. The van der Waals surface area contributed by atoms with E-state index in [-0.39, 0.29) is 35.5 Å². The van der Waals surface area contributed by atoms with E-state index in [1.165, 1.54) is 22.5 Å². The number of carbonyl (C=O) groups is 3. The van der Waals surface area contributed by atoms with Crippen LogP contribution in [-0.4, -0.2) is 69.2 Å². The molecule has 0 bridgehead atoms. The minimum Gasteiger partial charge on any atom is -0.469 e. The molecule has 1 N–H and O–H groups in total. The van der Waals surface area contributed by atoms with Gasteiger partial charge in [-0.25, -0.2) is 4.98 Å². The molecular weight excluding hydrogens is 502 g/mol. The first-order valence-corrected chi connectivity index (χ1v) is 12.7. The highest BCUT2D eigenvalue weighted by Crippen LogP contribution is 2.34. The maximum atomic E-state index is 13.7. The first-order chi connectivity index (χ1) is 17.1. The number of anilines is 1. The Kier molecular flexibility index (Phi) is 7.46. The van der Waals surface area contributed by atoms with E-state index in [0.29, 0.717) is 34.5 Å². The highest BCUT2D eigenvalue weighted by atomic mass is 32.2. The summed E-state index contributed by atoms with van der Waals surface area (Å²) in [7, 11) is 1.25. The highest BCUT2D eigenvalue weighted by Gasteiger charge is 2.37. The molecule has 2 saturated heterocycles. The third-order valence-corrected chi connectivity index (χ3v) is 7.33. The Hall–Kier alpha value is -3.25. The standard InChI is InChI=1S/C24H27N5O5S2/c1-13(2)12-29-23(33)17(36-24(29)35)10-15-20(26-19-14(3)6-5-8-28(19)22(15)32)27-9-7-25-21(31)16(27)11-18(30)34-4/h5-6,8,10,13,16H,7,9,11-12H2,1-4H3,(H,25,31). The SMILES string of the molecule is COC(=O)CC1C(=O)NCCN1c1nc2c(C)cccn2c(=O)c1C=C1SC(=S)N(CC(C)C)C1=O. The maximum absolute atomic E-state index is 13.7. The quantitative estimate of drug-likeness (QED) is 0.340. The molecule has 4 rings (SSSR count). The largest absolute Gasteiger partial charge is 0.469 e. The van der Waals surface area contributed by atoms with Crippen molar-refractivity contribution in [1.82, 2.24) is 19.6 Å². The maximum Gasteiger partial charge on any atom is 0.308 e. The van der Waals surface area contributed by atoms with Gasteiger partial charge in [0.15, 0.2) is 0 Å². The van der Waals surface area contributed by atoms with E-state index in [0.717, 1.165) is 17.3 Å². The Morgan fingerprint density at radius 3 is 2.81 bits per heavy atom. The molecule has 0 saturated carbocycles. The molecule has 2 amide bonds. The normalized spacial score (nSPS) is 19.5. The number of ether oxygens (including phenoxy) is 1. The number of carbonyl (C=O) groups excluding carboxylic acids is 3. The number of esters is 1. The number of thiocarbonyl (C=S) groups is 1. The van der Waals surface area contributed by atoms with Gasteiger partial charge in [-0.3, -0.25) is 28.5 Å². The highest BCUT2D eigenvalue weighted by molar-refractivity contribution is 8.26. The summed E-state index contributed by atoms with van der Waals surface area (Å²) in [6, 6.07) is 2.65. The summed E-state index contributed by atoms with van der Waals surface area (Å²) in [6.07, 6.45) is 2.89. The van der Waals surface area contributed by atoms with E-state index in [4.69, 9.17) is 21.9 Å². The van der Waals surface area contributed by atoms with Crippen molar-refractivity contribution in [3.63, 3.8) is 0 Å². The fourth-order valence-corrected chi connectivity index (χ4v) is 5.47. The van der Waals surface area contributed by atoms with Gasteiger partial charge in [-0.2, -0.15) is 0 Å². The topological polar surface area (TPSA) is 113 Å². The molecule has 4 heterocycles. The molecule has 190 valence electrons. The van der Waals surface area contributed by atoms with Gasteiger partial charge in [-0.05, 0) is 30.5 Å². The predicted molar refractivity (Wildman–Crippen MR) is 142 cm³/mol. The fourth-order valence-electron chi connectivity index (χ4n) is 4.21. The predicted octanol–water partition coefficient (Wildman–Crippen LogP) is 1.73. The second kappa shape index (κ2) is 10.4. The van der Waals surface area contributed by atoms with Gasteiger partial charge in [0.1, 0.15) is 21.8 Å². The van der Waals surface area contributed by atoms with Gasteiger partial charge in [0.05, 0.1) is 24.0 Å². The number of aromatic nitrogens is 2. The molecule has 2 aliphatic rings. The van der Waals surface area contributed by atoms with E-state index in [1.807, 2.05) is 26.8 Å². The average Bonchev–Trinajstić information content (AvgIpc) is 3.09. The molecular formula is C24H27N5O5S2. The number of fused-ring (bicyclic) bond motifs is 1. The van der Waals surface area contributed by atoms with Gasteiger partial charge < -0.3 is 15.0 Å². The number of methoxy groups -OCH3 is 1. The molecule has 2 aromatic rings. The summed E-state index contributed by atoms with van der Waals surface area (Å²) < 4.78 is 6.63. The molecule has 36 heavy (non-hydrogen) atoms. The molecule has 0 radical (unpaired) electrons. The zero-order valence-corrected chi connectivity index (χ0v) is 22.1. The minimum absolute atomic E-state index is 0.146. The minimum atomic E-state index is -0.924. The summed E-state index contributed by atoms with van der Waals surface area (Å²) in [4.78, 5) is 60.0. The van der Waals surface area contributed by atoms with Crippen LogP contribution in [0.15, 0.2) is 28.0 Å². The van der Waals surface area contributed by atoms with Crippen molar-refractivity contribution in [3.05, 3.63) is 44.7 Å². The Balaban J connectivity index is 1.90. The summed E-state index contributed by atoms with van der Waals surface area (Å²) in [5, 5.41) is 2.76. The Labute approximate surface area is 217 Å². The zero-order valence-electron chi connectivity index (χ0n) is 20.4. The number of hydrogen-bond donors (Lipinski definition) is 1. The van der Waals surface area contributed by atoms with E-state index in [2.05, 4.69) is 5.32 Å². The van der Waals surface area contributed by atoms with Crippen LogP contribution in [0.4, 0.5) is 5.82 Å². The Morgan fingerprint density at radius 1 is 1.36 bits per heavy atom. The van der Waals surface area contributed by atoms with Gasteiger partial charge in [0.25, 0.3) is 11.5 Å². The summed E-state index contributed by atoms with van der Waals surface area (Å²) in [6.45, 7) is 6.91. The van der Waals surface area contributed by atoms with Gasteiger partial charge in [-0.15, -0.1) is 0 Å². The molecule has 0 spiro atoms. The Morgan fingerprint density at radius 2 is 2.11 bits per heavy atom. The molecule has 0 aromatic carbocycles. The van der Waals surface area contributed by atoms with Gasteiger partial charge in [0.2, 0.25) is 5.91 Å². The molecule has 2 aliphatic heterocycles. The number of nitrogens with zero attached hydrogens (tertiary/aromatic N) is 4. The van der Waals surface area contributed by atoms with Crippen LogP contribution < -0.4 is 15.8 Å². The van der Waals surface area contributed by atoms with E-state index in [1.54, 1.807) is 17.2 Å². The summed E-state index contributed by atoms with van der Waals surface area (Å²) >= 11 is 6.55. The molecule has 12 heteroatoms. The van der Waals surface area contributed by atoms with Crippen molar-refractivity contribution in [3.8, 4) is 0 Å². The molecule has 1 atom stereocenters. The van der Waals surface area contributed by atoms with Crippen molar-refractivity contribution in [2.75, 3.05) is 31.6 Å². The summed E-state index contributed by atoms with van der Waals surface area (Å²) in [5.41, 5.74) is 0.935. The van der Waals surface area contributed by atoms with Crippen molar-refractivity contribution in [2.24, 2.45) is 5.92 Å². The van der Waals surface area contributed by atoms with Crippen molar-refractivity contribution in [2.45, 2.75) is 33.2 Å². The lowest BCUT2D eigenvalue weighted by atomic mass is 10.1. The van der Waals surface area contributed by atoms with E-state index >= 15 is 0 Å². The molecule has 1 unspecified atom stereocenters. The number of hydrogen-bond acceptors (Lipinski definition) is 9. The van der Waals surface area contributed by atoms with Crippen LogP contribution in [0, 0.1) is 12.8 Å². The first kappa shape index (κ1) is 25.8. The van der Waals surface area contributed by atoms with Crippen LogP contribution in [0.2, 0.25) is 0 Å². The summed E-state index contributed by atoms with van der Waals surface area (Å²) in [5.74, 6) is -0.767. The van der Waals surface area contributed by atoms with Crippen molar-refractivity contribution < 1.29 is 19.1 Å². The van der Waals surface area contributed by atoms with Crippen LogP contribution in [0.1, 0.15) is 31.4 Å². The van der Waals surface area contributed by atoms with Crippen LogP contribution in [0.3, 0.4) is 0 Å². The molecule has 2 fully saturated rings. The molecule has 10 nitrogen and oxygen atoms in total. The fraction of sp³-hybridized carbons (Fsp3) is 0.417. The lowest BCUT2D eigenvalue weighted by Gasteiger charge is -2.36. The van der Waals surface area contributed by atoms with Crippen LogP contribution in [0.5, 0.6) is 0 Å². The Bertz CT molecular complexity index is 1350.